The van der Waals surface area contributed by atoms with E-state index in [1.54, 1.807) is 12.4 Å². The van der Waals surface area contributed by atoms with Crippen molar-refractivity contribution in [3.63, 3.8) is 0 Å². The average Bonchev–Trinajstić information content (AvgIpc) is 2.52. The Labute approximate surface area is 131 Å². The molecule has 0 atom stereocenters. The fourth-order valence-electron chi connectivity index (χ4n) is 2.04. The molecule has 116 valence electrons. The van der Waals surface area contributed by atoms with Crippen molar-refractivity contribution in [3.8, 4) is 0 Å². The van der Waals surface area contributed by atoms with Gasteiger partial charge in [0.2, 0.25) is 5.95 Å². The molecule has 5 nitrogen and oxygen atoms in total. The van der Waals surface area contributed by atoms with Crippen molar-refractivity contribution < 1.29 is 4.79 Å². The van der Waals surface area contributed by atoms with Gasteiger partial charge in [0.1, 0.15) is 0 Å². The molecule has 1 aromatic carbocycles. The number of hydrogen-bond donors (Lipinski definition) is 2. The molecule has 0 radical (unpaired) electrons. The third-order valence-corrected chi connectivity index (χ3v) is 3.25. The van der Waals surface area contributed by atoms with Gasteiger partial charge in [-0.3, -0.25) is 4.79 Å². The maximum absolute atomic E-state index is 12.1. The largest absolute Gasteiger partial charge is 0.354 e. The van der Waals surface area contributed by atoms with Crippen molar-refractivity contribution in [2.24, 2.45) is 0 Å². The summed E-state index contributed by atoms with van der Waals surface area (Å²) in [5, 5.41) is 5.99. The van der Waals surface area contributed by atoms with Crippen molar-refractivity contribution in [2.75, 3.05) is 17.2 Å². The van der Waals surface area contributed by atoms with Crippen LogP contribution in [0.1, 0.15) is 42.1 Å². The molecule has 2 rings (SSSR count). The van der Waals surface area contributed by atoms with Gasteiger partial charge in [0.15, 0.2) is 0 Å². The maximum Gasteiger partial charge on any atom is 0.258 e. The summed E-state index contributed by atoms with van der Waals surface area (Å²) < 4.78 is 0. The van der Waals surface area contributed by atoms with Crippen molar-refractivity contribution >= 4 is 17.5 Å². The van der Waals surface area contributed by atoms with Crippen LogP contribution in [-0.2, 0) is 0 Å². The summed E-state index contributed by atoms with van der Waals surface area (Å²) in [6, 6.07) is 7.67. The number of aromatic nitrogens is 2. The molecule has 2 aromatic rings. The Bertz CT molecular complexity index is 610. The molecule has 0 bridgehead atoms. The molecule has 0 aliphatic heterocycles. The number of hydrogen-bond acceptors (Lipinski definition) is 4. The zero-order valence-corrected chi connectivity index (χ0v) is 13.1. The minimum atomic E-state index is -0.205. The average molecular weight is 298 g/mol. The molecule has 5 heteroatoms. The Hall–Kier alpha value is -2.43. The van der Waals surface area contributed by atoms with Gasteiger partial charge >= 0.3 is 0 Å². The minimum absolute atomic E-state index is 0.205. The Balaban J connectivity index is 1.90. The Morgan fingerprint density at radius 2 is 1.95 bits per heavy atom. The minimum Gasteiger partial charge on any atom is -0.354 e. The van der Waals surface area contributed by atoms with Crippen LogP contribution in [-0.4, -0.2) is 22.4 Å². The van der Waals surface area contributed by atoms with Gasteiger partial charge in [-0.2, -0.15) is 0 Å². The molecule has 0 unspecified atom stereocenters. The summed E-state index contributed by atoms with van der Waals surface area (Å²) in [6.45, 7) is 5.00. The van der Waals surface area contributed by atoms with E-state index >= 15 is 0 Å². The number of benzene rings is 1. The number of nitrogens with zero attached hydrogens (tertiary/aromatic N) is 2. The van der Waals surface area contributed by atoms with Gasteiger partial charge in [-0.05, 0) is 31.0 Å². The van der Waals surface area contributed by atoms with E-state index in [4.69, 9.17) is 0 Å². The first-order valence-corrected chi connectivity index (χ1v) is 7.63. The van der Waals surface area contributed by atoms with Crippen molar-refractivity contribution in [3.05, 3.63) is 47.8 Å². The number of rotatable bonds is 7. The molecule has 0 aliphatic carbocycles. The van der Waals surface area contributed by atoms with Gasteiger partial charge in [0, 0.05) is 24.6 Å². The van der Waals surface area contributed by atoms with Gasteiger partial charge in [-0.15, -0.1) is 0 Å². The monoisotopic (exact) mass is 298 g/mol. The van der Waals surface area contributed by atoms with E-state index in [1.165, 1.54) is 12.8 Å². The molecule has 0 spiro atoms. The van der Waals surface area contributed by atoms with Crippen LogP contribution in [0.15, 0.2) is 36.7 Å². The molecule has 0 saturated carbocycles. The lowest BCUT2D eigenvalue weighted by molar-refractivity contribution is 0.102. The first kappa shape index (κ1) is 15.9. The number of nitrogens with one attached hydrogen (secondary N) is 2. The van der Waals surface area contributed by atoms with E-state index in [1.807, 2.05) is 31.2 Å². The molecule has 0 fully saturated rings. The van der Waals surface area contributed by atoms with Crippen LogP contribution >= 0.6 is 0 Å². The SMILES string of the molecule is CCCCCNc1ncc(C(=O)Nc2cccc(C)c2)cn1. The Morgan fingerprint density at radius 1 is 1.18 bits per heavy atom. The van der Waals surface area contributed by atoms with Gasteiger partial charge < -0.3 is 10.6 Å². The summed E-state index contributed by atoms with van der Waals surface area (Å²) in [6.07, 6.45) is 6.54. The number of carbonyl (C=O) groups excluding carboxylic acids is 1. The predicted octanol–water partition coefficient (Wildman–Crippen LogP) is 3.64. The van der Waals surface area contributed by atoms with Crippen molar-refractivity contribution in [2.45, 2.75) is 33.1 Å². The lowest BCUT2D eigenvalue weighted by Gasteiger charge is -2.07. The predicted molar refractivity (Wildman–Crippen MR) is 89.2 cm³/mol. The molecule has 1 amide bonds. The topological polar surface area (TPSA) is 66.9 Å². The second-order valence-electron chi connectivity index (χ2n) is 5.25. The van der Waals surface area contributed by atoms with Crippen molar-refractivity contribution in [1.82, 2.24) is 9.97 Å². The number of carbonyl (C=O) groups is 1. The van der Waals surface area contributed by atoms with Crippen LogP contribution in [0.2, 0.25) is 0 Å². The van der Waals surface area contributed by atoms with E-state index < -0.39 is 0 Å². The summed E-state index contributed by atoms with van der Waals surface area (Å²) in [4.78, 5) is 20.5. The number of aryl methyl sites for hydroxylation is 1. The van der Waals surface area contributed by atoms with Gasteiger partial charge in [-0.1, -0.05) is 31.9 Å². The van der Waals surface area contributed by atoms with Crippen LogP contribution in [0.5, 0.6) is 0 Å². The molecular weight excluding hydrogens is 276 g/mol. The summed E-state index contributed by atoms with van der Waals surface area (Å²) in [5.41, 5.74) is 2.31. The third-order valence-electron chi connectivity index (χ3n) is 3.25. The molecule has 0 aliphatic rings. The molecule has 0 saturated heterocycles. The van der Waals surface area contributed by atoms with E-state index in [9.17, 15) is 4.79 Å². The van der Waals surface area contributed by atoms with E-state index in [0.717, 1.165) is 24.2 Å². The van der Waals surface area contributed by atoms with Gasteiger partial charge in [0.05, 0.1) is 5.56 Å². The van der Waals surface area contributed by atoms with Gasteiger partial charge in [-0.25, -0.2) is 9.97 Å². The maximum atomic E-state index is 12.1. The molecular formula is C17H22N4O. The fraction of sp³-hybridized carbons (Fsp3) is 0.353. The summed E-state index contributed by atoms with van der Waals surface area (Å²) >= 11 is 0. The second-order valence-corrected chi connectivity index (χ2v) is 5.25. The zero-order chi connectivity index (χ0) is 15.8. The highest BCUT2D eigenvalue weighted by Crippen LogP contribution is 2.11. The summed E-state index contributed by atoms with van der Waals surface area (Å²) in [5.74, 6) is 0.353. The van der Waals surface area contributed by atoms with E-state index in [0.29, 0.717) is 11.5 Å². The van der Waals surface area contributed by atoms with Gasteiger partial charge in [0.25, 0.3) is 5.91 Å². The molecule has 2 N–H and O–H groups in total. The highest BCUT2D eigenvalue weighted by molar-refractivity contribution is 6.03. The van der Waals surface area contributed by atoms with Crippen molar-refractivity contribution in [1.29, 1.82) is 0 Å². The Kier molecular flexibility index (Phi) is 5.89. The zero-order valence-electron chi connectivity index (χ0n) is 13.1. The first-order valence-electron chi connectivity index (χ1n) is 7.63. The third kappa shape index (κ3) is 4.84. The standard InChI is InChI=1S/C17H22N4O/c1-3-4-5-9-18-17-19-11-14(12-20-17)16(22)21-15-8-6-7-13(2)10-15/h6-8,10-12H,3-5,9H2,1-2H3,(H,21,22)(H,18,19,20). The lowest BCUT2D eigenvalue weighted by atomic mass is 10.2. The second kappa shape index (κ2) is 8.12. The highest BCUT2D eigenvalue weighted by Gasteiger charge is 2.07. The summed E-state index contributed by atoms with van der Waals surface area (Å²) in [7, 11) is 0. The fourth-order valence-corrected chi connectivity index (χ4v) is 2.04. The quantitative estimate of drug-likeness (QED) is 0.766. The Morgan fingerprint density at radius 3 is 2.64 bits per heavy atom. The molecule has 22 heavy (non-hydrogen) atoms. The van der Waals surface area contributed by atoms with Crippen LogP contribution in [0.4, 0.5) is 11.6 Å². The molecule has 1 aromatic heterocycles. The van der Waals surface area contributed by atoms with Crippen LogP contribution in [0, 0.1) is 6.92 Å². The van der Waals surface area contributed by atoms with Crippen LogP contribution in [0.3, 0.4) is 0 Å². The molecule has 1 heterocycles. The van der Waals surface area contributed by atoms with E-state index in [2.05, 4.69) is 27.5 Å². The smallest absolute Gasteiger partial charge is 0.258 e. The normalized spacial score (nSPS) is 10.3. The van der Waals surface area contributed by atoms with Crippen LogP contribution < -0.4 is 10.6 Å². The number of anilines is 2. The number of unbranched alkanes of at least 4 members (excludes halogenated alkanes) is 2. The van der Waals surface area contributed by atoms with E-state index in [-0.39, 0.29) is 5.91 Å². The first-order chi connectivity index (χ1) is 10.7. The highest BCUT2D eigenvalue weighted by atomic mass is 16.1. The lowest BCUT2D eigenvalue weighted by Crippen LogP contribution is -2.13. The number of amides is 1. The van der Waals surface area contributed by atoms with Crippen LogP contribution in [0.25, 0.3) is 0 Å².